The van der Waals surface area contributed by atoms with Gasteiger partial charge in [0.15, 0.2) is 23.0 Å². The van der Waals surface area contributed by atoms with Crippen molar-refractivity contribution in [3.8, 4) is 23.0 Å². The van der Waals surface area contributed by atoms with Crippen LogP contribution < -0.4 is 18.9 Å². The molecule has 7 nitrogen and oxygen atoms in total. The summed E-state index contributed by atoms with van der Waals surface area (Å²) in [6.45, 7) is 6.76. The van der Waals surface area contributed by atoms with Crippen LogP contribution in [0.25, 0.3) is 0 Å². The summed E-state index contributed by atoms with van der Waals surface area (Å²) in [5.74, 6) is 3.25. The molecule has 2 aromatic carbocycles. The zero-order valence-corrected chi connectivity index (χ0v) is 18.8. The molecule has 2 aromatic rings. The number of hydrogen-bond acceptors (Lipinski definition) is 7. The molecule has 0 N–H and O–H groups in total. The van der Waals surface area contributed by atoms with Crippen LogP contribution in [0.4, 0.5) is 0 Å². The second-order valence-corrected chi connectivity index (χ2v) is 9.24. The standard InChI is InChI=1S/C25H29N3O4/c1-16(2)27-11-9-25(10-12-27)28-20(18-5-4-6-22(29-3)24(18)32-25)14-19(26-28)17-7-8-21-23(13-17)31-15-30-21/h4-8,13,16,20H,9-12,14-15H2,1-3H3. The lowest BCUT2D eigenvalue weighted by atomic mass is 9.90. The highest BCUT2D eigenvalue weighted by Crippen LogP contribution is 2.53. The second kappa shape index (κ2) is 7.30. The molecule has 0 aliphatic carbocycles. The van der Waals surface area contributed by atoms with Gasteiger partial charge >= 0.3 is 0 Å². The van der Waals surface area contributed by atoms with Crippen LogP contribution in [-0.4, -0.2) is 54.4 Å². The molecule has 7 heteroatoms. The SMILES string of the molecule is COc1cccc2c1OC1(CCN(C(C)C)CC1)N1N=C(c3ccc4c(c3)OCO4)CC21. The van der Waals surface area contributed by atoms with Crippen LogP contribution in [0.2, 0.25) is 0 Å². The minimum atomic E-state index is -0.463. The first-order valence-corrected chi connectivity index (χ1v) is 11.4. The second-order valence-electron chi connectivity index (χ2n) is 9.24. The van der Waals surface area contributed by atoms with Crippen molar-refractivity contribution < 1.29 is 18.9 Å². The molecule has 4 aliphatic heterocycles. The van der Waals surface area contributed by atoms with Gasteiger partial charge in [0.05, 0.1) is 18.9 Å². The van der Waals surface area contributed by atoms with E-state index in [1.165, 1.54) is 0 Å². The smallest absolute Gasteiger partial charge is 0.231 e. The van der Waals surface area contributed by atoms with Gasteiger partial charge in [0, 0.05) is 49.5 Å². The Hall–Kier alpha value is -2.93. The maximum Gasteiger partial charge on any atom is 0.231 e. The summed E-state index contributed by atoms with van der Waals surface area (Å²) in [6.07, 6.45) is 2.62. The quantitative estimate of drug-likeness (QED) is 0.721. The Kier molecular flexibility index (Phi) is 4.50. The number of likely N-dealkylation sites (tertiary alicyclic amines) is 1. The fourth-order valence-electron chi connectivity index (χ4n) is 5.40. The summed E-state index contributed by atoms with van der Waals surface area (Å²) < 4.78 is 23.6. The van der Waals surface area contributed by atoms with Crippen molar-refractivity contribution in [2.24, 2.45) is 5.10 Å². The predicted octanol–water partition coefficient (Wildman–Crippen LogP) is 4.17. The highest BCUT2D eigenvalue weighted by atomic mass is 16.7. The fraction of sp³-hybridized carbons (Fsp3) is 0.480. The van der Waals surface area contributed by atoms with Gasteiger partial charge in [-0.2, -0.15) is 5.10 Å². The van der Waals surface area contributed by atoms with E-state index in [4.69, 9.17) is 24.0 Å². The predicted molar refractivity (Wildman–Crippen MR) is 121 cm³/mol. The third kappa shape index (κ3) is 2.94. The summed E-state index contributed by atoms with van der Waals surface area (Å²) in [6, 6.07) is 12.9. The van der Waals surface area contributed by atoms with Crippen molar-refractivity contribution >= 4 is 5.71 Å². The van der Waals surface area contributed by atoms with Crippen LogP contribution in [0, 0.1) is 0 Å². The highest BCUT2D eigenvalue weighted by Gasteiger charge is 2.52. The summed E-state index contributed by atoms with van der Waals surface area (Å²) in [5, 5.41) is 7.42. The number of hydrogen-bond donors (Lipinski definition) is 0. The van der Waals surface area contributed by atoms with Crippen molar-refractivity contribution in [1.82, 2.24) is 9.91 Å². The molecule has 1 atom stereocenters. The van der Waals surface area contributed by atoms with E-state index in [1.54, 1.807) is 7.11 Å². The van der Waals surface area contributed by atoms with E-state index >= 15 is 0 Å². The van der Waals surface area contributed by atoms with Crippen LogP contribution in [0.1, 0.15) is 50.3 Å². The normalized spacial score (nSPS) is 23.1. The van der Waals surface area contributed by atoms with Crippen molar-refractivity contribution in [2.75, 3.05) is 27.0 Å². The van der Waals surface area contributed by atoms with Gasteiger partial charge < -0.3 is 23.8 Å². The van der Waals surface area contributed by atoms with Crippen LogP contribution in [0.5, 0.6) is 23.0 Å². The van der Waals surface area contributed by atoms with Gasteiger partial charge in [-0.25, -0.2) is 5.01 Å². The van der Waals surface area contributed by atoms with Crippen LogP contribution in [-0.2, 0) is 0 Å². The summed E-state index contributed by atoms with van der Waals surface area (Å²) >= 11 is 0. The van der Waals surface area contributed by atoms with Crippen molar-refractivity contribution in [3.05, 3.63) is 47.5 Å². The Morgan fingerprint density at radius 1 is 1.09 bits per heavy atom. The van der Waals surface area contributed by atoms with Gasteiger partial charge in [0.25, 0.3) is 0 Å². The lowest BCUT2D eigenvalue weighted by Gasteiger charge is -2.51. The molecule has 0 radical (unpaired) electrons. The Morgan fingerprint density at radius 3 is 2.69 bits per heavy atom. The Balaban J connectivity index is 1.41. The number of para-hydroxylation sites is 1. The molecule has 0 bridgehead atoms. The molecule has 32 heavy (non-hydrogen) atoms. The first kappa shape index (κ1) is 19.7. The molecule has 0 saturated carbocycles. The molecule has 4 heterocycles. The minimum absolute atomic E-state index is 0.125. The van der Waals surface area contributed by atoms with Gasteiger partial charge in [-0.3, -0.25) is 0 Å². The number of nitrogens with zero attached hydrogens (tertiary/aromatic N) is 3. The molecule has 1 spiro atoms. The monoisotopic (exact) mass is 435 g/mol. The summed E-state index contributed by atoms with van der Waals surface area (Å²) in [4.78, 5) is 2.51. The minimum Gasteiger partial charge on any atom is -0.493 e. The first-order valence-electron chi connectivity index (χ1n) is 11.4. The van der Waals surface area contributed by atoms with Gasteiger partial charge in [-0.05, 0) is 38.1 Å². The largest absolute Gasteiger partial charge is 0.493 e. The van der Waals surface area contributed by atoms with Gasteiger partial charge in [0.2, 0.25) is 12.5 Å². The van der Waals surface area contributed by atoms with E-state index in [-0.39, 0.29) is 12.8 Å². The topological polar surface area (TPSA) is 55.8 Å². The van der Waals surface area contributed by atoms with E-state index in [1.807, 2.05) is 24.3 Å². The number of rotatable bonds is 3. The number of hydrazone groups is 1. The van der Waals surface area contributed by atoms with Crippen molar-refractivity contribution in [2.45, 2.75) is 50.9 Å². The Bertz CT molecular complexity index is 1070. The van der Waals surface area contributed by atoms with Crippen LogP contribution >= 0.6 is 0 Å². The lowest BCUT2D eigenvalue weighted by molar-refractivity contribution is -0.153. The summed E-state index contributed by atoms with van der Waals surface area (Å²) in [5.41, 5.74) is 2.80. The third-order valence-electron chi connectivity index (χ3n) is 7.22. The molecule has 168 valence electrons. The highest BCUT2D eigenvalue weighted by molar-refractivity contribution is 6.02. The fourth-order valence-corrected chi connectivity index (χ4v) is 5.40. The maximum absolute atomic E-state index is 6.81. The third-order valence-corrected chi connectivity index (χ3v) is 7.22. The van der Waals surface area contributed by atoms with E-state index in [0.29, 0.717) is 6.04 Å². The molecule has 0 aromatic heterocycles. The molecule has 1 fully saturated rings. The first-order chi connectivity index (χ1) is 15.6. The Labute approximate surface area is 188 Å². The number of benzene rings is 2. The van der Waals surface area contributed by atoms with Crippen LogP contribution in [0.15, 0.2) is 41.5 Å². The van der Waals surface area contributed by atoms with Gasteiger partial charge in [-0.1, -0.05) is 12.1 Å². The molecule has 6 rings (SSSR count). The average Bonchev–Trinajstić information content (AvgIpc) is 3.47. The zero-order valence-electron chi connectivity index (χ0n) is 18.8. The van der Waals surface area contributed by atoms with E-state index in [9.17, 15) is 0 Å². The number of ether oxygens (including phenoxy) is 4. The van der Waals surface area contributed by atoms with Crippen LogP contribution in [0.3, 0.4) is 0 Å². The van der Waals surface area contributed by atoms with E-state index < -0.39 is 5.72 Å². The molecule has 1 saturated heterocycles. The van der Waals surface area contributed by atoms with E-state index in [0.717, 1.165) is 72.2 Å². The Morgan fingerprint density at radius 2 is 1.91 bits per heavy atom. The van der Waals surface area contributed by atoms with Crippen molar-refractivity contribution in [3.63, 3.8) is 0 Å². The maximum atomic E-state index is 6.81. The average molecular weight is 436 g/mol. The van der Waals surface area contributed by atoms with Gasteiger partial charge in [0.1, 0.15) is 0 Å². The molecular weight excluding hydrogens is 406 g/mol. The van der Waals surface area contributed by atoms with Crippen molar-refractivity contribution in [1.29, 1.82) is 0 Å². The number of piperidine rings is 1. The van der Waals surface area contributed by atoms with Gasteiger partial charge in [-0.15, -0.1) is 0 Å². The zero-order chi connectivity index (χ0) is 21.9. The molecule has 4 aliphatic rings. The number of methoxy groups -OCH3 is 1. The number of fused-ring (bicyclic) bond motifs is 5. The summed E-state index contributed by atoms with van der Waals surface area (Å²) in [7, 11) is 1.71. The molecular formula is C25H29N3O4. The molecule has 1 unspecified atom stereocenters. The molecule has 0 amide bonds. The van der Waals surface area contributed by atoms with E-state index in [2.05, 4.69) is 35.9 Å². The lowest BCUT2D eigenvalue weighted by Crippen LogP contribution is -2.59.